The van der Waals surface area contributed by atoms with Crippen LogP contribution < -0.4 is 5.32 Å². The highest BCUT2D eigenvalue weighted by atomic mass is 15.1. The van der Waals surface area contributed by atoms with Crippen LogP contribution in [-0.2, 0) is 6.54 Å². The maximum Gasteiger partial charge on any atom is 0.223 e. The first-order valence-electron chi connectivity index (χ1n) is 10.0. The van der Waals surface area contributed by atoms with E-state index in [1.807, 2.05) is 49.6 Å². The summed E-state index contributed by atoms with van der Waals surface area (Å²) in [5.41, 5.74) is 7.29. The fourth-order valence-corrected chi connectivity index (χ4v) is 3.47. The molecule has 0 saturated carbocycles. The van der Waals surface area contributed by atoms with Crippen LogP contribution in [0.1, 0.15) is 11.3 Å². The Hall–Kier alpha value is -4.19. The molecule has 31 heavy (non-hydrogen) atoms. The monoisotopic (exact) mass is 404 g/mol. The second-order valence-electron chi connectivity index (χ2n) is 7.30. The minimum atomic E-state index is 0.593. The molecule has 0 fully saturated rings. The summed E-state index contributed by atoms with van der Waals surface area (Å²) < 4.78 is 0. The third-order valence-corrected chi connectivity index (χ3v) is 5.09. The zero-order valence-electron chi connectivity index (χ0n) is 17.0. The van der Waals surface area contributed by atoms with Crippen LogP contribution in [0.5, 0.6) is 0 Å². The molecule has 6 nitrogen and oxygen atoms in total. The summed E-state index contributed by atoms with van der Waals surface area (Å²) in [5, 5.41) is 4.30. The minimum Gasteiger partial charge on any atom is -0.350 e. The van der Waals surface area contributed by atoms with Gasteiger partial charge in [0, 0.05) is 41.8 Å². The van der Waals surface area contributed by atoms with Gasteiger partial charge in [0.15, 0.2) is 0 Å². The first-order chi connectivity index (χ1) is 15.2. The van der Waals surface area contributed by atoms with Gasteiger partial charge in [-0.25, -0.2) is 19.9 Å². The molecule has 0 saturated heterocycles. The third kappa shape index (κ3) is 4.23. The number of nitrogens with one attached hydrogen (secondary N) is 1. The van der Waals surface area contributed by atoms with E-state index in [0.29, 0.717) is 12.5 Å². The third-order valence-electron chi connectivity index (χ3n) is 5.09. The summed E-state index contributed by atoms with van der Waals surface area (Å²) >= 11 is 0. The number of aromatic nitrogens is 5. The minimum absolute atomic E-state index is 0.593. The molecule has 0 unspecified atom stereocenters. The number of fused-ring (bicyclic) bond motifs is 1. The van der Waals surface area contributed by atoms with E-state index in [4.69, 9.17) is 0 Å². The molecule has 5 rings (SSSR count). The van der Waals surface area contributed by atoms with Crippen LogP contribution in [0.15, 0.2) is 85.6 Å². The Kier molecular flexibility index (Phi) is 5.02. The molecule has 6 heteroatoms. The van der Waals surface area contributed by atoms with Crippen molar-refractivity contribution in [1.82, 2.24) is 24.9 Å². The zero-order chi connectivity index (χ0) is 21.0. The van der Waals surface area contributed by atoms with Crippen LogP contribution in [0.4, 0.5) is 5.95 Å². The molecular weight excluding hydrogens is 384 g/mol. The van der Waals surface area contributed by atoms with Crippen molar-refractivity contribution < 1.29 is 0 Å². The molecule has 0 bridgehead atoms. The molecule has 0 aliphatic carbocycles. The van der Waals surface area contributed by atoms with Crippen molar-refractivity contribution in [3.63, 3.8) is 0 Å². The van der Waals surface area contributed by atoms with E-state index >= 15 is 0 Å². The highest BCUT2D eigenvalue weighted by Gasteiger charge is 2.05. The van der Waals surface area contributed by atoms with Crippen molar-refractivity contribution in [1.29, 1.82) is 0 Å². The highest BCUT2D eigenvalue weighted by Crippen LogP contribution is 2.23. The van der Waals surface area contributed by atoms with Gasteiger partial charge in [0.05, 0.1) is 11.2 Å². The fourth-order valence-electron chi connectivity index (χ4n) is 3.47. The van der Waals surface area contributed by atoms with Crippen molar-refractivity contribution >= 4 is 16.9 Å². The highest BCUT2D eigenvalue weighted by molar-refractivity contribution is 5.83. The molecule has 0 spiro atoms. The summed E-state index contributed by atoms with van der Waals surface area (Å²) in [7, 11) is 0. The molecule has 0 aliphatic rings. The van der Waals surface area contributed by atoms with Crippen LogP contribution in [0, 0.1) is 6.92 Å². The number of rotatable bonds is 5. The van der Waals surface area contributed by atoms with Gasteiger partial charge < -0.3 is 5.32 Å². The summed E-state index contributed by atoms with van der Waals surface area (Å²) in [6.07, 6.45) is 6.97. The van der Waals surface area contributed by atoms with Crippen LogP contribution in [0.2, 0.25) is 0 Å². The van der Waals surface area contributed by atoms with E-state index in [2.05, 4.69) is 60.6 Å². The van der Waals surface area contributed by atoms with Gasteiger partial charge >= 0.3 is 0 Å². The molecule has 150 valence electrons. The maximum absolute atomic E-state index is 4.67. The predicted octanol–water partition coefficient (Wildman–Crippen LogP) is 5.07. The van der Waals surface area contributed by atoms with Crippen molar-refractivity contribution in [3.8, 4) is 22.4 Å². The number of anilines is 1. The first-order valence-corrected chi connectivity index (χ1v) is 10.0. The molecule has 0 atom stereocenters. The smallest absolute Gasteiger partial charge is 0.223 e. The van der Waals surface area contributed by atoms with Crippen LogP contribution in [0.3, 0.4) is 0 Å². The second kappa shape index (κ2) is 8.28. The predicted molar refractivity (Wildman–Crippen MR) is 122 cm³/mol. The lowest BCUT2D eigenvalue weighted by molar-refractivity contribution is 1.06. The lowest BCUT2D eigenvalue weighted by Crippen LogP contribution is -2.04. The zero-order valence-corrected chi connectivity index (χ0v) is 17.0. The number of aryl methyl sites for hydroxylation is 1. The van der Waals surface area contributed by atoms with Crippen LogP contribution >= 0.6 is 0 Å². The Morgan fingerprint density at radius 2 is 1.61 bits per heavy atom. The number of pyridine rings is 1. The average molecular weight is 404 g/mol. The average Bonchev–Trinajstić information content (AvgIpc) is 2.83. The van der Waals surface area contributed by atoms with Crippen LogP contribution in [-0.4, -0.2) is 24.9 Å². The Labute approximate surface area is 180 Å². The van der Waals surface area contributed by atoms with Gasteiger partial charge in [0.2, 0.25) is 5.95 Å². The Morgan fingerprint density at radius 1 is 0.774 bits per heavy atom. The molecule has 2 aromatic carbocycles. The fraction of sp³-hybridized carbons (Fsp3) is 0.0800. The van der Waals surface area contributed by atoms with E-state index in [-0.39, 0.29) is 0 Å². The van der Waals surface area contributed by atoms with Gasteiger partial charge in [0.25, 0.3) is 0 Å². The summed E-state index contributed by atoms with van der Waals surface area (Å²) in [4.78, 5) is 21.7. The van der Waals surface area contributed by atoms with Gasteiger partial charge in [-0.05, 0) is 53.9 Å². The Bertz CT molecular complexity index is 1350. The normalized spacial score (nSPS) is 10.9. The summed E-state index contributed by atoms with van der Waals surface area (Å²) in [6.45, 7) is 2.65. The van der Waals surface area contributed by atoms with E-state index in [1.165, 1.54) is 11.1 Å². The number of hydrogen-bond donors (Lipinski definition) is 1. The van der Waals surface area contributed by atoms with Crippen molar-refractivity contribution in [2.24, 2.45) is 0 Å². The number of benzene rings is 2. The largest absolute Gasteiger partial charge is 0.350 e. The molecule has 3 heterocycles. The van der Waals surface area contributed by atoms with E-state index in [9.17, 15) is 0 Å². The quantitative estimate of drug-likeness (QED) is 0.441. The molecular formula is C25H20N6. The lowest BCUT2D eigenvalue weighted by Gasteiger charge is -2.08. The summed E-state index contributed by atoms with van der Waals surface area (Å²) in [6, 6.07) is 20.5. The lowest BCUT2D eigenvalue weighted by atomic mass is 10.0. The van der Waals surface area contributed by atoms with Crippen molar-refractivity contribution in [2.45, 2.75) is 13.5 Å². The van der Waals surface area contributed by atoms with E-state index in [1.54, 1.807) is 12.5 Å². The van der Waals surface area contributed by atoms with E-state index in [0.717, 1.165) is 33.4 Å². The van der Waals surface area contributed by atoms with E-state index < -0.39 is 0 Å². The molecule has 3 aromatic heterocycles. The molecule has 1 N–H and O–H groups in total. The van der Waals surface area contributed by atoms with Gasteiger partial charge in [0.1, 0.15) is 6.33 Å². The Morgan fingerprint density at radius 3 is 2.48 bits per heavy atom. The van der Waals surface area contributed by atoms with Crippen LogP contribution in [0.25, 0.3) is 33.3 Å². The first kappa shape index (κ1) is 18.8. The SMILES string of the molecule is Cc1cc(-c2ccc(CNc3nccc(-c4ccc5ncncc5c4)n3)cc2)ccn1. The van der Waals surface area contributed by atoms with Crippen molar-refractivity contribution in [2.75, 3.05) is 5.32 Å². The standard InChI is InChI=1S/C25H20N6/c1-17-12-20(8-10-27-17)19-4-2-18(3-5-19)14-29-25-28-11-9-24(31-25)21-6-7-23-22(13-21)15-26-16-30-23/h2-13,15-16H,14H2,1H3,(H,28,29,31). The molecule has 5 aromatic rings. The second-order valence-corrected chi connectivity index (χ2v) is 7.30. The molecule has 0 radical (unpaired) electrons. The van der Waals surface area contributed by atoms with Gasteiger partial charge in [-0.15, -0.1) is 0 Å². The van der Waals surface area contributed by atoms with Crippen molar-refractivity contribution in [3.05, 3.63) is 96.8 Å². The Balaban J connectivity index is 1.30. The maximum atomic E-state index is 4.67. The molecule has 0 amide bonds. The molecule has 0 aliphatic heterocycles. The topological polar surface area (TPSA) is 76.5 Å². The van der Waals surface area contributed by atoms with Gasteiger partial charge in [-0.1, -0.05) is 30.3 Å². The number of nitrogens with zero attached hydrogens (tertiary/aromatic N) is 5. The summed E-state index contributed by atoms with van der Waals surface area (Å²) in [5.74, 6) is 0.593. The number of hydrogen-bond acceptors (Lipinski definition) is 6. The van der Waals surface area contributed by atoms with Gasteiger partial charge in [-0.3, -0.25) is 4.98 Å². The van der Waals surface area contributed by atoms with Gasteiger partial charge in [-0.2, -0.15) is 0 Å².